The van der Waals surface area contributed by atoms with Crippen molar-refractivity contribution in [2.24, 2.45) is 5.41 Å². The highest BCUT2D eigenvalue weighted by Gasteiger charge is 2.49. The van der Waals surface area contributed by atoms with Gasteiger partial charge in [0.05, 0.1) is 12.0 Å². The van der Waals surface area contributed by atoms with E-state index in [-0.39, 0.29) is 17.2 Å². The Morgan fingerprint density at radius 2 is 2.32 bits per heavy atom. The molecule has 2 aliphatic heterocycles. The summed E-state index contributed by atoms with van der Waals surface area (Å²) >= 11 is 1.21. The molecule has 2 amide bonds. The molecule has 120 valence electrons. The summed E-state index contributed by atoms with van der Waals surface area (Å²) in [5, 5.41) is 0. The lowest BCUT2D eigenvalue weighted by Crippen LogP contribution is -2.51. The molecule has 6 nitrogen and oxygen atoms in total. The summed E-state index contributed by atoms with van der Waals surface area (Å²) < 4.78 is 9.07. The predicted octanol–water partition coefficient (Wildman–Crippen LogP) is 1.24. The molecular weight excluding hydrogens is 302 g/mol. The topological polar surface area (TPSA) is 62.7 Å². The van der Waals surface area contributed by atoms with Crippen molar-refractivity contribution in [3.05, 3.63) is 17.1 Å². The van der Waals surface area contributed by atoms with Crippen LogP contribution in [0, 0.1) is 5.41 Å². The summed E-state index contributed by atoms with van der Waals surface area (Å²) in [6.45, 7) is 3.19. The third-order valence-electron chi connectivity index (χ3n) is 4.68. The number of rotatable bonds is 4. The average Bonchev–Trinajstić information content (AvgIpc) is 3.19. The predicted molar refractivity (Wildman–Crippen MR) is 82.8 cm³/mol. The van der Waals surface area contributed by atoms with Crippen LogP contribution in [0.4, 0.5) is 0 Å². The Morgan fingerprint density at radius 1 is 1.45 bits per heavy atom. The minimum atomic E-state index is -0.383. The van der Waals surface area contributed by atoms with Gasteiger partial charge in [-0.15, -0.1) is 0 Å². The SMILES string of the molecule is COCCN1CCCC2(CCN(C(=O)c3ccns3)C2)C1=O. The van der Waals surface area contributed by atoms with Crippen LogP contribution in [0.1, 0.15) is 28.9 Å². The molecule has 2 fully saturated rings. The lowest BCUT2D eigenvalue weighted by Gasteiger charge is -2.39. The van der Waals surface area contributed by atoms with E-state index in [1.165, 1.54) is 11.5 Å². The first-order chi connectivity index (χ1) is 10.7. The molecule has 1 spiro atoms. The van der Waals surface area contributed by atoms with Crippen molar-refractivity contribution in [2.45, 2.75) is 19.3 Å². The van der Waals surface area contributed by atoms with E-state index in [0.717, 1.165) is 25.8 Å². The Balaban J connectivity index is 1.69. The fourth-order valence-electron chi connectivity index (χ4n) is 3.47. The third-order valence-corrected chi connectivity index (χ3v) is 5.41. The van der Waals surface area contributed by atoms with Gasteiger partial charge in [0.25, 0.3) is 5.91 Å². The van der Waals surface area contributed by atoms with Crippen LogP contribution in [0.25, 0.3) is 0 Å². The molecule has 1 unspecified atom stereocenters. The number of aromatic nitrogens is 1. The first-order valence-electron chi connectivity index (χ1n) is 7.64. The molecular formula is C15H21N3O3S. The Bertz CT molecular complexity index is 548. The number of methoxy groups -OCH3 is 1. The van der Waals surface area contributed by atoms with Gasteiger partial charge in [-0.1, -0.05) is 0 Å². The average molecular weight is 323 g/mol. The maximum Gasteiger partial charge on any atom is 0.265 e. The lowest BCUT2D eigenvalue weighted by molar-refractivity contribution is -0.146. The van der Waals surface area contributed by atoms with Crippen LogP contribution >= 0.6 is 11.5 Å². The summed E-state index contributed by atoms with van der Waals surface area (Å²) in [4.78, 5) is 29.6. The van der Waals surface area contributed by atoms with Gasteiger partial charge in [-0.2, -0.15) is 0 Å². The molecule has 2 aliphatic rings. The van der Waals surface area contributed by atoms with E-state index in [2.05, 4.69) is 4.37 Å². The molecule has 1 aromatic heterocycles. The number of piperidine rings is 1. The number of ether oxygens (including phenoxy) is 1. The minimum Gasteiger partial charge on any atom is -0.383 e. The number of nitrogens with zero attached hydrogens (tertiary/aromatic N) is 3. The third kappa shape index (κ3) is 2.75. The number of likely N-dealkylation sites (tertiary alicyclic amines) is 2. The molecule has 3 rings (SSSR count). The van der Waals surface area contributed by atoms with Crippen molar-refractivity contribution in [3.63, 3.8) is 0 Å². The van der Waals surface area contributed by atoms with Gasteiger partial charge in [0, 0.05) is 39.5 Å². The van der Waals surface area contributed by atoms with Crippen molar-refractivity contribution in [2.75, 3.05) is 39.9 Å². The van der Waals surface area contributed by atoms with Crippen LogP contribution in [-0.4, -0.2) is 65.9 Å². The summed E-state index contributed by atoms with van der Waals surface area (Å²) in [7, 11) is 1.65. The maximum absolute atomic E-state index is 12.8. The van der Waals surface area contributed by atoms with Crippen LogP contribution in [0.2, 0.25) is 0 Å². The van der Waals surface area contributed by atoms with Gasteiger partial charge in [-0.25, -0.2) is 4.37 Å². The quantitative estimate of drug-likeness (QED) is 0.836. The number of carbonyl (C=O) groups is 2. The van der Waals surface area contributed by atoms with Crippen LogP contribution in [0.3, 0.4) is 0 Å². The summed E-state index contributed by atoms with van der Waals surface area (Å²) in [6, 6.07) is 1.74. The van der Waals surface area contributed by atoms with E-state index in [0.29, 0.717) is 31.1 Å². The highest BCUT2D eigenvalue weighted by molar-refractivity contribution is 7.08. The highest BCUT2D eigenvalue weighted by atomic mass is 32.1. The molecule has 0 bridgehead atoms. The normalized spacial score (nSPS) is 25.2. The highest BCUT2D eigenvalue weighted by Crippen LogP contribution is 2.40. The molecule has 22 heavy (non-hydrogen) atoms. The molecule has 0 radical (unpaired) electrons. The van der Waals surface area contributed by atoms with E-state index in [4.69, 9.17) is 4.74 Å². The summed E-state index contributed by atoms with van der Waals surface area (Å²) in [6.07, 6.45) is 4.28. The van der Waals surface area contributed by atoms with Gasteiger partial charge in [0.2, 0.25) is 5.91 Å². The molecule has 7 heteroatoms. The van der Waals surface area contributed by atoms with Crippen molar-refractivity contribution >= 4 is 23.3 Å². The van der Waals surface area contributed by atoms with Crippen LogP contribution < -0.4 is 0 Å². The molecule has 2 saturated heterocycles. The molecule has 0 N–H and O–H groups in total. The van der Waals surface area contributed by atoms with E-state index < -0.39 is 0 Å². The van der Waals surface area contributed by atoms with Crippen LogP contribution in [0.5, 0.6) is 0 Å². The second-order valence-corrected chi connectivity index (χ2v) is 6.86. The van der Waals surface area contributed by atoms with Gasteiger partial charge in [-0.3, -0.25) is 9.59 Å². The summed E-state index contributed by atoms with van der Waals surface area (Å²) in [5.41, 5.74) is -0.383. The zero-order valence-electron chi connectivity index (χ0n) is 12.8. The second-order valence-electron chi connectivity index (χ2n) is 6.02. The van der Waals surface area contributed by atoms with E-state index in [9.17, 15) is 9.59 Å². The van der Waals surface area contributed by atoms with Crippen molar-refractivity contribution < 1.29 is 14.3 Å². The number of hydrogen-bond acceptors (Lipinski definition) is 5. The minimum absolute atomic E-state index is 0.00110. The molecule has 0 aliphatic carbocycles. The Kier molecular flexibility index (Phi) is 4.44. The standard InChI is InChI=1S/C15H21N3O3S/c1-21-10-9-17-7-2-4-15(14(17)20)5-8-18(11-15)13(19)12-3-6-16-22-12/h3,6H,2,4-5,7-11H2,1H3. The van der Waals surface area contributed by atoms with Crippen molar-refractivity contribution in [1.29, 1.82) is 0 Å². The van der Waals surface area contributed by atoms with Crippen molar-refractivity contribution in [3.8, 4) is 0 Å². The number of amides is 2. The summed E-state index contributed by atoms with van der Waals surface area (Å²) in [5.74, 6) is 0.191. The molecule has 0 saturated carbocycles. The monoisotopic (exact) mass is 323 g/mol. The smallest absolute Gasteiger partial charge is 0.265 e. The van der Waals surface area contributed by atoms with E-state index in [1.54, 1.807) is 19.4 Å². The van der Waals surface area contributed by atoms with Gasteiger partial charge in [-0.05, 0) is 36.9 Å². The zero-order valence-corrected chi connectivity index (χ0v) is 13.6. The Hall–Kier alpha value is -1.47. The first kappa shape index (κ1) is 15.4. The fraction of sp³-hybridized carbons (Fsp3) is 0.667. The second kappa shape index (κ2) is 6.34. The molecule has 1 aromatic rings. The Labute approximate surface area is 134 Å². The number of carbonyl (C=O) groups excluding carboxylic acids is 2. The Morgan fingerprint density at radius 3 is 3.05 bits per heavy atom. The molecule has 0 aromatic carbocycles. The van der Waals surface area contributed by atoms with Crippen LogP contribution in [-0.2, 0) is 9.53 Å². The van der Waals surface area contributed by atoms with Crippen LogP contribution in [0.15, 0.2) is 12.3 Å². The first-order valence-corrected chi connectivity index (χ1v) is 8.42. The van der Waals surface area contributed by atoms with Gasteiger partial charge < -0.3 is 14.5 Å². The van der Waals surface area contributed by atoms with Gasteiger partial charge >= 0.3 is 0 Å². The largest absolute Gasteiger partial charge is 0.383 e. The van der Waals surface area contributed by atoms with E-state index in [1.807, 2.05) is 9.80 Å². The molecule has 3 heterocycles. The maximum atomic E-state index is 12.8. The van der Waals surface area contributed by atoms with Crippen molar-refractivity contribution in [1.82, 2.24) is 14.2 Å². The zero-order chi connectivity index (χ0) is 15.6. The molecule has 1 atom stereocenters. The van der Waals surface area contributed by atoms with E-state index >= 15 is 0 Å². The van der Waals surface area contributed by atoms with Gasteiger partial charge in [0.15, 0.2) is 0 Å². The lowest BCUT2D eigenvalue weighted by atomic mass is 9.78. The number of hydrogen-bond donors (Lipinski definition) is 0. The fourth-order valence-corrected chi connectivity index (χ4v) is 4.04. The van der Waals surface area contributed by atoms with Gasteiger partial charge in [0.1, 0.15) is 4.88 Å².